The van der Waals surface area contributed by atoms with Gasteiger partial charge in [-0.3, -0.25) is 0 Å². The van der Waals surface area contributed by atoms with Gasteiger partial charge >= 0.3 is 0 Å². The topological polar surface area (TPSA) is 35.2 Å². The van der Waals surface area contributed by atoms with E-state index in [0.717, 1.165) is 34.1 Å². The van der Waals surface area contributed by atoms with Crippen LogP contribution in [0, 0.1) is 0 Å². The van der Waals surface area contributed by atoms with Crippen LogP contribution in [0.4, 0.5) is 0 Å². The zero-order valence-corrected chi connectivity index (χ0v) is 11.9. The average Bonchev–Trinajstić information content (AvgIpc) is 2.41. The van der Waals surface area contributed by atoms with Crippen LogP contribution >= 0.6 is 11.6 Å². The second-order valence-electron chi connectivity index (χ2n) is 4.57. The van der Waals surface area contributed by atoms with E-state index < -0.39 is 0 Å². The molecule has 0 radical (unpaired) electrons. The van der Waals surface area contributed by atoms with E-state index in [2.05, 4.69) is 6.92 Å². The Morgan fingerprint density at radius 2 is 1.74 bits per heavy atom. The second-order valence-corrected chi connectivity index (χ2v) is 4.97. The number of ether oxygens (including phenoxy) is 1. The first-order valence-electron chi connectivity index (χ1n) is 6.42. The molecule has 100 valence electrons. The van der Waals surface area contributed by atoms with Crippen molar-refractivity contribution in [3.05, 3.63) is 58.6 Å². The Labute approximate surface area is 119 Å². The fourth-order valence-corrected chi connectivity index (χ4v) is 2.11. The summed E-state index contributed by atoms with van der Waals surface area (Å²) in [6.45, 7) is 4.03. The minimum absolute atomic E-state index is 0.0382. The summed E-state index contributed by atoms with van der Waals surface area (Å²) in [6, 6.07) is 13.6. The van der Waals surface area contributed by atoms with Crippen molar-refractivity contribution < 1.29 is 4.74 Å². The molecule has 3 heteroatoms. The van der Waals surface area contributed by atoms with Crippen LogP contribution in [0.2, 0.25) is 5.02 Å². The second kappa shape index (κ2) is 6.09. The van der Waals surface area contributed by atoms with Crippen molar-refractivity contribution in [2.75, 3.05) is 0 Å². The molecule has 0 heterocycles. The number of nitrogens with two attached hydrogens (primary N) is 1. The quantitative estimate of drug-likeness (QED) is 0.877. The summed E-state index contributed by atoms with van der Waals surface area (Å²) in [4.78, 5) is 0. The molecule has 2 aromatic rings. The zero-order valence-electron chi connectivity index (χ0n) is 11.2. The van der Waals surface area contributed by atoms with Gasteiger partial charge in [0, 0.05) is 11.1 Å². The van der Waals surface area contributed by atoms with E-state index >= 15 is 0 Å². The summed E-state index contributed by atoms with van der Waals surface area (Å²) < 4.78 is 5.81. The molecule has 0 spiro atoms. The summed E-state index contributed by atoms with van der Waals surface area (Å²) in [5, 5.41) is 0.780. The van der Waals surface area contributed by atoms with Crippen LogP contribution in [0.25, 0.3) is 0 Å². The van der Waals surface area contributed by atoms with Crippen molar-refractivity contribution in [3.8, 4) is 11.5 Å². The van der Waals surface area contributed by atoms with Crippen LogP contribution in [0.1, 0.15) is 31.0 Å². The fourth-order valence-electron chi connectivity index (χ4n) is 1.86. The average molecular weight is 276 g/mol. The van der Waals surface area contributed by atoms with Gasteiger partial charge in [-0.25, -0.2) is 0 Å². The fraction of sp³-hybridized carbons (Fsp3) is 0.250. The molecule has 0 bridgehead atoms. The van der Waals surface area contributed by atoms with Gasteiger partial charge in [0.25, 0.3) is 0 Å². The minimum atomic E-state index is 0.0382. The van der Waals surface area contributed by atoms with Crippen LogP contribution in [0.5, 0.6) is 11.5 Å². The van der Waals surface area contributed by atoms with E-state index in [4.69, 9.17) is 22.1 Å². The standard InChI is InChI=1S/C16H18ClNO/c1-3-12-10-15(8-9-16(12)17)19-14-6-4-13(5-7-14)11(2)18/h4-11H,3,18H2,1-2H3/t11-/m1/s1. The van der Waals surface area contributed by atoms with Gasteiger partial charge in [-0.2, -0.15) is 0 Å². The highest BCUT2D eigenvalue weighted by Crippen LogP contribution is 2.27. The molecule has 19 heavy (non-hydrogen) atoms. The molecule has 1 atom stereocenters. The molecular weight excluding hydrogens is 258 g/mol. The molecule has 0 aliphatic carbocycles. The highest BCUT2D eigenvalue weighted by molar-refractivity contribution is 6.31. The maximum Gasteiger partial charge on any atom is 0.127 e. The Balaban J connectivity index is 2.16. The van der Waals surface area contributed by atoms with Gasteiger partial charge in [0.2, 0.25) is 0 Å². The SMILES string of the molecule is CCc1cc(Oc2ccc([C@@H](C)N)cc2)ccc1Cl. The molecule has 2 nitrogen and oxygen atoms in total. The molecule has 0 unspecified atom stereocenters. The van der Waals surface area contributed by atoms with Gasteiger partial charge in [-0.15, -0.1) is 0 Å². The lowest BCUT2D eigenvalue weighted by Gasteiger charge is -2.10. The van der Waals surface area contributed by atoms with Gasteiger partial charge in [0.05, 0.1) is 0 Å². The molecular formula is C16H18ClNO. The van der Waals surface area contributed by atoms with Crippen LogP contribution in [0.3, 0.4) is 0 Å². The number of hydrogen-bond donors (Lipinski definition) is 1. The van der Waals surface area contributed by atoms with E-state index in [-0.39, 0.29) is 6.04 Å². The third kappa shape index (κ3) is 3.49. The van der Waals surface area contributed by atoms with E-state index in [0.29, 0.717) is 0 Å². The van der Waals surface area contributed by atoms with Crippen LogP contribution in [-0.2, 0) is 6.42 Å². The molecule has 0 saturated heterocycles. The summed E-state index contributed by atoms with van der Waals surface area (Å²) in [7, 11) is 0. The lowest BCUT2D eigenvalue weighted by Crippen LogP contribution is -2.04. The predicted molar refractivity (Wildman–Crippen MR) is 79.9 cm³/mol. The van der Waals surface area contributed by atoms with Gasteiger partial charge in [-0.05, 0) is 54.8 Å². The minimum Gasteiger partial charge on any atom is -0.457 e. The molecule has 0 saturated carbocycles. The summed E-state index contributed by atoms with van der Waals surface area (Å²) in [5.74, 6) is 1.60. The third-order valence-corrected chi connectivity index (χ3v) is 3.41. The maximum absolute atomic E-state index is 6.09. The number of aryl methyl sites for hydroxylation is 1. The molecule has 0 amide bonds. The Hall–Kier alpha value is -1.51. The summed E-state index contributed by atoms with van der Waals surface area (Å²) in [5.41, 5.74) is 8.00. The molecule has 0 fully saturated rings. The smallest absolute Gasteiger partial charge is 0.127 e. The van der Waals surface area contributed by atoms with Crippen molar-refractivity contribution >= 4 is 11.6 Å². The number of rotatable bonds is 4. The van der Waals surface area contributed by atoms with Crippen LogP contribution < -0.4 is 10.5 Å². The van der Waals surface area contributed by atoms with E-state index in [1.165, 1.54) is 0 Å². The molecule has 0 aromatic heterocycles. The van der Waals surface area contributed by atoms with Crippen molar-refractivity contribution in [2.45, 2.75) is 26.3 Å². The van der Waals surface area contributed by atoms with Crippen molar-refractivity contribution in [2.24, 2.45) is 5.73 Å². The van der Waals surface area contributed by atoms with Crippen LogP contribution in [-0.4, -0.2) is 0 Å². The highest BCUT2D eigenvalue weighted by atomic mass is 35.5. The molecule has 2 aromatic carbocycles. The largest absolute Gasteiger partial charge is 0.457 e. The summed E-state index contributed by atoms with van der Waals surface area (Å²) >= 11 is 6.09. The van der Waals surface area contributed by atoms with E-state index in [1.54, 1.807) is 0 Å². The molecule has 2 N–H and O–H groups in total. The number of hydrogen-bond acceptors (Lipinski definition) is 2. The van der Waals surface area contributed by atoms with Crippen molar-refractivity contribution in [1.29, 1.82) is 0 Å². The van der Waals surface area contributed by atoms with Crippen molar-refractivity contribution in [1.82, 2.24) is 0 Å². The lowest BCUT2D eigenvalue weighted by atomic mass is 10.1. The van der Waals surface area contributed by atoms with Gasteiger partial charge in [0.1, 0.15) is 11.5 Å². The maximum atomic E-state index is 6.09. The molecule has 0 aliphatic rings. The number of benzene rings is 2. The Kier molecular flexibility index (Phi) is 4.46. The third-order valence-electron chi connectivity index (χ3n) is 3.04. The first-order valence-corrected chi connectivity index (χ1v) is 6.79. The summed E-state index contributed by atoms with van der Waals surface area (Å²) in [6.07, 6.45) is 0.889. The predicted octanol–water partition coefficient (Wildman–Crippen LogP) is 4.71. The monoisotopic (exact) mass is 275 g/mol. The van der Waals surface area contributed by atoms with E-state index in [1.807, 2.05) is 49.4 Å². The Morgan fingerprint density at radius 3 is 2.32 bits per heavy atom. The lowest BCUT2D eigenvalue weighted by molar-refractivity contribution is 0.481. The Morgan fingerprint density at radius 1 is 1.11 bits per heavy atom. The first-order chi connectivity index (χ1) is 9.10. The van der Waals surface area contributed by atoms with Crippen molar-refractivity contribution in [3.63, 3.8) is 0 Å². The first kappa shape index (κ1) is 13.9. The van der Waals surface area contributed by atoms with Gasteiger partial charge < -0.3 is 10.5 Å². The Bertz CT molecular complexity index is 549. The van der Waals surface area contributed by atoms with Gasteiger partial charge in [-0.1, -0.05) is 30.7 Å². The highest BCUT2D eigenvalue weighted by Gasteiger charge is 2.03. The van der Waals surface area contributed by atoms with Gasteiger partial charge in [0.15, 0.2) is 0 Å². The normalized spacial score (nSPS) is 12.2. The zero-order chi connectivity index (χ0) is 13.8. The van der Waals surface area contributed by atoms with E-state index in [9.17, 15) is 0 Å². The number of halogens is 1. The molecule has 0 aliphatic heterocycles. The van der Waals surface area contributed by atoms with Crippen LogP contribution in [0.15, 0.2) is 42.5 Å². The molecule has 2 rings (SSSR count).